The van der Waals surface area contributed by atoms with Crippen LogP contribution < -0.4 is 10.1 Å². The van der Waals surface area contributed by atoms with Crippen LogP contribution >= 0.6 is 0 Å². The number of carbonyl (C=O) groups excluding carboxylic acids is 1. The number of benzene rings is 1. The Morgan fingerprint density at radius 2 is 1.96 bits per heavy atom. The number of carbonyl (C=O) groups is 1. The van der Waals surface area contributed by atoms with E-state index in [-0.39, 0.29) is 17.7 Å². The first-order valence-electron chi connectivity index (χ1n) is 9.60. The number of ether oxygens (including phenoxy) is 1. The molecule has 0 saturated carbocycles. The van der Waals surface area contributed by atoms with Crippen molar-refractivity contribution in [3.8, 4) is 5.75 Å². The molecule has 1 atom stereocenters. The number of fused-ring (bicyclic) bond motifs is 6. The molecule has 28 heavy (non-hydrogen) atoms. The molecule has 3 fully saturated rings. The molecule has 2 bridgehead atoms. The Kier molecular flexibility index (Phi) is 4.19. The highest BCUT2D eigenvalue weighted by atomic mass is 19.3. The molecule has 5 nitrogen and oxygen atoms in total. The summed E-state index contributed by atoms with van der Waals surface area (Å²) >= 11 is 0. The van der Waals surface area contributed by atoms with Gasteiger partial charge in [0.05, 0.1) is 11.1 Å². The smallest absolute Gasteiger partial charge is 0.387 e. The van der Waals surface area contributed by atoms with Gasteiger partial charge in [-0.3, -0.25) is 4.79 Å². The molecule has 3 saturated heterocycles. The zero-order valence-electron chi connectivity index (χ0n) is 15.3. The van der Waals surface area contributed by atoms with Crippen LogP contribution in [-0.2, 0) is 0 Å². The van der Waals surface area contributed by atoms with Crippen molar-refractivity contribution in [1.82, 2.24) is 14.6 Å². The topological polar surface area (TPSA) is 46.0 Å². The van der Waals surface area contributed by atoms with E-state index in [0.29, 0.717) is 11.5 Å². The molecule has 3 aliphatic rings. The number of rotatable bonds is 4. The van der Waals surface area contributed by atoms with E-state index in [1.54, 1.807) is 12.1 Å². The number of nitrogens with one attached hydrogen (secondary N) is 1. The van der Waals surface area contributed by atoms with Crippen LogP contribution in [0.25, 0.3) is 16.4 Å². The Balaban J connectivity index is 1.42. The lowest BCUT2D eigenvalue weighted by atomic mass is 9.84. The number of hydrogen-bond acceptors (Lipinski definition) is 3. The Morgan fingerprint density at radius 1 is 1.14 bits per heavy atom. The molecule has 1 amide bonds. The lowest BCUT2D eigenvalue weighted by molar-refractivity contribution is -0.0497. The summed E-state index contributed by atoms with van der Waals surface area (Å²) in [6.45, 7) is 0.348. The molecular formula is C21H21F2N3O2. The molecule has 3 aromatic rings. The summed E-state index contributed by atoms with van der Waals surface area (Å²) in [5, 5.41) is 3.98. The van der Waals surface area contributed by atoms with Crippen molar-refractivity contribution in [2.75, 3.05) is 19.6 Å². The lowest BCUT2D eigenvalue weighted by Gasteiger charge is -2.44. The summed E-state index contributed by atoms with van der Waals surface area (Å²) in [4.78, 5) is 15.2. The van der Waals surface area contributed by atoms with Gasteiger partial charge >= 0.3 is 6.61 Å². The van der Waals surface area contributed by atoms with Crippen LogP contribution in [0.4, 0.5) is 8.78 Å². The minimum absolute atomic E-state index is 0.0618. The minimum atomic E-state index is -2.85. The molecule has 0 unspecified atom stereocenters. The average molecular weight is 385 g/mol. The van der Waals surface area contributed by atoms with Crippen molar-refractivity contribution < 1.29 is 18.3 Å². The van der Waals surface area contributed by atoms with Crippen molar-refractivity contribution >= 4 is 22.3 Å². The first-order chi connectivity index (χ1) is 13.6. The molecule has 0 radical (unpaired) electrons. The van der Waals surface area contributed by atoms with E-state index in [2.05, 4.69) is 15.0 Å². The van der Waals surface area contributed by atoms with Crippen molar-refractivity contribution in [1.29, 1.82) is 0 Å². The predicted octanol–water partition coefficient (Wildman–Crippen LogP) is 3.52. The average Bonchev–Trinajstić information content (AvgIpc) is 3.13. The van der Waals surface area contributed by atoms with Gasteiger partial charge in [-0.05, 0) is 62.2 Å². The number of aromatic nitrogens is 1. The Morgan fingerprint density at radius 3 is 2.68 bits per heavy atom. The molecule has 2 aromatic heterocycles. The monoisotopic (exact) mass is 385 g/mol. The first kappa shape index (κ1) is 17.4. The first-order valence-corrected chi connectivity index (χ1v) is 9.60. The van der Waals surface area contributed by atoms with Crippen molar-refractivity contribution in [2.24, 2.45) is 5.92 Å². The standard InChI is InChI=1S/C21H21F2N3O2/c22-21(23)28-17-3-4-19-14(10-17)1-2-16-9-15(11-26(16)19)20(27)24-18-12-25-7-5-13(18)6-8-25/h1-4,9-11,13,18,21H,5-8,12H2,(H,24,27)/t18-/m0/s1. The van der Waals surface area contributed by atoms with E-state index >= 15 is 0 Å². The van der Waals surface area contributed by atoms with Gasteiger partial charge in [0.2, 0.25) is 0 Å². The molecule has 1 N–H and O–H groups in total. The number of piperidine rings is 3. The molecule has 146 valence electrons. The Hall–Kier alpha value is -2.67. The molecule has 5 heterocycles. The van der Waals surface area contributed by atoms with E-state index in [1.807, 2.05) is 28.8 Å². The fraction of sp³-hybridized carbons (Fsp3) is 0.381. The van der Waals surface area contributed by atoms with Gasteiger partial charge in [-0.15, -0.1) is 0 Å². The van der Waals surface area contributed by atoms with Gasteiger partial charge < -0.3 is 19.4 Å². The van der Waals surface area contributed by atoms with E-state index < -0.39 is 6.61 Å². The van der Waals surface area contributed by atoms with Crippen LogP contribution in [0, 0.1) is 5.92 Å². The van der Waals surface area contributed by atoms with Gasteiger partial charge in [0.15, 0.2) is 0 Å². The second-order valence-electron chi connectivity index (χ2n) is 7.67. The molecule has 0 aliphatic carbocycles. The normalized spacial score (nSPS) is 24.2. The molecule has 1 aromatic carbocycles. The maximum atomic E-state index is 12.8. The van der Waals surface area contributed by atoms with Gasteiger partial charge in [0.1, 0.15) is 5.75 Å². The number of alkyl halides is 2. The number of hydrogen-bond donors (Lipinski definition) is 1. The highest BCUT2D eigenvalue weighted by Crippen LogP contribution is 2.28. The SMILES string of the molecule is O=C(N[C@H]1CN2CCC1CC2)c1cc2ccc3cc(OC(F)F)ccc3n2c1. The summed E-state index contributed by atoms with van der Waals surface area (Å²) in [5.74, 6) is 0.627. The van der Waals surface area contributed by atoms with E-state index in [4.69, 9.17) is 0 Å². The van der Waals surface area contributed by atoms with E-state index in [1.165, 1.54) is 6.07 Å². The zero-order chi connectivity index (χ0) is 19.3. The molecule has 3 aliphatic heterocycles. The van der Waals surface area contributed by atoms with Crippen LogP contribution in [0.15, 0.2) is 42.6 Å². The van der Waals surface area contributed by atoms with Crippen LogP contribution in [-0.4, -0.2) is 47.5 Å². The summed E-state index contributed by atoms with van der Waals surface area (Å²) < 4.78 is 31.3. The summed E-state index contributed by atoms with van der Waals surface area (Å²) in [6.07, 6.45) is 4.11. The van der Waals surface area contributed by atoms with E-state index in [0.717, 1.165) is 48.9 Å². The summed E-state index contributed by atoms with van der Waals surface area (Å²) in [5.41, 5.74) is 2.33. The van der Waals surface area contributed by atoms with Crippen molar-refractivity contribution in [3.05, 3.63) is 48.2 Å². The zero-order valence-corrected chi connectivity index (χ0v) is 15.3. The largest absolute Gasteiger partial charge is 0.435 e. The highest BCUT2D eigenvalue weighted by molar-refractivity contribution is 5.97. The maximum absolute atomic E-state index is 12.8. The number of nitrogens with zero attached hydrogens (tertiary/aromatic N) is 2. The Labute approximate surface area is 160 Å². The number of amides is 1. The third-order valence-corrected chi connectivity index (χ3v) is 6.00. The van der Waals surface area contributed by atoms with E-state index in [9.17, 15) is 13.6 Å². The predicted molar refractivity (Wildman–Crippen MR) is 102 cm³/mol. The minimum Gasteiger partial charge on any atom is -0.435 e. The van der Waals surface area contributed by atoms with Gasteiger partial charge in [0.25, 0.3) is 5.91 Å². The van der Waals surface area contributed by atoms with Gasteiger partial charge in [-0.25, -0.2) is 0 Å². The van der Waals surface area contributed by atoms with Crippen molar-refractivity contribution in [2.45, 2.75) is 25.5 Å². The van der Waals surface area contributed by atoms with Gasteiger partial charge in [-0.2, -0.15) is 8.78 Å². The van der Waals surface area contributed by atoms with Crippen LogP contribution in [0.3, 0.4) is 0 Å². The quantitative estimate of drug-likeness (QED) is 0.748. The second kappa shape index (κ2) is 6.74. The van der Waals surface area contributed by atoms with Crippen LogP contribution in [0.5, 0.6) is 5.75 Å². The van der Waals surface area contributed by atoms with Crippen molar-refractivity contribution in [3.63, 3.8) is 0 Å². The second-order valence-corrected chi connectivity index (χ2v) is 7.67. The van der Waals surface area contributed by atoms with Gasteiger partial charge in [0, 0.05) is 29.7 Å². The number of halogens is 2. The maximum Gasteiger partial charge on any atom is 0.387 e. The Bertz CT molecular complexity index is 1040. The fourth-order valence-corrected chi connectivity index (χ4v) is 4.56. The highest BCUT2D eigenvalue weighted by Gasteiger charge is 2.35. The third kappa shape index (κ3) is 3.09. The molecule has 7 heteroatoms. The lowest BCUT2D eigenvalue weighted by Crippen LogP contribution is -2.57. The third-order valence-electron chi connectivity index (χ3n) is 6.00. The molecule has 0 spiro atoms. The summed E-state index contributed by atoms with van der Waals surface area (Å²) in [7, 11) is 0. The van der Waals surface area contributed by atoms with Crippen LogP contribution in [0.2, 0.25) is 0 Å². The van der Waals surface area contributed by atoms with Gasteiger partial charge in [-0.1, -0.05) is 6.07 Å². The fourth-order valence-electron chi connectivity index (χ4n) is 4.56. The summed E-state index contributed by atoms with van der Waals surface area (Å²) in [6, 6.07) is 10.6. The van der Waals surface area contributed by atoms with Crippen LogP contribution in [0.1, 0.15) is 23.2 Å². The molecular weight excluding hydrogens is 364 g/mol. The molecule has 6 rings (SSSR count). The number of pyridine rings is 1.